The molecule has 88 valence electrons. The van der Waals surface area contributed by atoms with Crippen molar-refractivity contribution >= 4 is 5.97 Å². The smallest absolute Gasteiger partial charge is 0.306 e. The van der Waals surface area contributed by atoms with Crippen molar-refractivity contribution in [3.8, 4) is 0 Å². The SMILES string of the molecule is CC(N)CCCC(=O)OC1CCOCC1. The van der Waals surface area contributed by atoms with Gasteiger partial charge in [0.1, 0.15) is 6.10 Å². The van der Waals surface area contributed by atoms with Crippen LogP contribution in [0, 0.1) is 0 Å². The number of carbonyl (C=O) groups is 1. The highest BCUT2D eigenvalue weighted by atomic mass is 16.5. The van der Waals surface area contributed by atoms with Crippen molar-refractivity contribution in [2.75, 3.05) is 13.2 Å². The van der Waals surface area contributed by atoms with Gasteiger partial charge in [-0.3, -0.25) is 4.79 Å². The van der Waals surface area contributed by atoms with Crippen molar-refractivity contribution < 1.29 is 14.3 Å². The van der Waals surface area contributed by atoms with E-state index in [-0.39, 0.29) is 18.1 Å². The van der Waals surface area contributed by atoms with E-state index in [0.717, 1.165) is 25.7 Å². The van der Waals surface area contributed by atoms with Gasteiger partial charge in [0.25, 0.3) is 0 Å². The molecule has 0 saturated carbocycles. The van der Waals surface area contributed by atoms with Crippen molar-refractivity contribution in [3.63, 3.8) is 0 Å². The van der Waals surface area contributed by atoms with Crippen LogP contribution in [-0.2, 0) is 14.3 Å². The molecular weight excluding hydrogens is 194 g/mol. The summed E-state index contributed by atoms with van der Waals surface area (Å²) >= 11 is 0. The van der Waals surface area contributed by atoms with Crippen LogP contribution in [0.5, 0.6) is 0 Å². The lowest BCUT2D eigenvalue weighted by atomic mass is 10.1. The summed E-state index contributed by atoms with van der Waals surface area (Å²) in [4.78, 5) is 11.4. The van der Waals surface area contributed by atoms with Crippen molar-refractivity contribution in [1.82, 2.24) is 0 Å². The lowest BCUT2D eigenvalue weighted by Gasteiger charge is -2.22. The number of esters is 1. The topological polar surface area (TPSA) is 61.6 Å². The van der Waals surface area contributed by atoms with E-state index < -0.39 is 0 Å². The van der Waals surface area contributed by atoms with Gasteiger partial charge in [-0.25, -0.2) is 0 Å². The van der Waals surface area contributed by atoms with Crippen molar-refractivity contribution in [2.24, 2.45) is 5.73 Å². The fourth-order valence-electron chi connectivity index (χ4n) is 1.61. The van der Waals surface area contributed by atoms with Crippen LogP contribution < -0.4 is 5.73 Å². The first-order valence-electron chi connectivity index (χ1n) is 5.71. The molecular formula is C11H21NO3. The van der Waals surface area contributed by atoms with Crippen LogP contribution in [0.25, 0.3) is 0 Å². The van der Waals surface area contributed by atoms with E-state index in [1.807, 2.05) is 6.92 Å². The summed E-state index contributed by atoms with van der Waals surface area (Å²) in [5, 5.41) is 0. The van der Waals surface area contributed by atoms with Gasteiger partial charge in [0.2, 0.25) is 0 Å². The molecule has 0 aliphatic carbocycles. The molecule has 1 unspecified atom stereocenters. The van der Waals surface area contributed by atoms with Crippen molar-refractivity contribution in [1.29, 1.82) is 0 Å². The second kappa shape index (κ2) is 6.80. The average molecular weight is 215 g/mol. The van der Waals surface area contributed by atoms with Crippen LogP contribution in [0.15, 0.2) is 0 Å². The largest absolute Gasteiger partial charge is 0.462 e. The first kappa shape index (κ1) is 12.5. The zero-order valence-corrected chi connectivity index (χ0v) is 9.41. The Bertz CT molecular complexity index is 188. The Kier molecular flexibility index (Phi) is 5.65. The maximum atomic E-state index is 11.4. The molecule has 1 fully saturated rings. The molecule has 0 aromatic heterocycles. The number of ether oxygens (including phenoxy) is 2. The minimum Gasteiger partial charge on any atom is -0.462 e. The van der Waals surface area contributed by atoms with Crippen molar-refractivity contribution in [3.05, 3.63) is 0 Å². The summed E-state index contributed by atoms with van der Waals surface area (Å²) in [6.45, 7) is 3.36. The lowest BCUT2D eigenvalue weighted by molar-refractivity contribution is -0.153. The summed E-state index contributed by atoms with van der Waals surface area (Å²) in [5.41, 5.74) is 5.59. The van der Waals surface area contributed by atoms with E-state index in [1.165, 1.54) is 0 Å². The molecule has 4 heteroatoms. The quantitative estimate of drug-likeness (QED) is 0.701. The van der Waals surface area contributed by atoms with Gasteiger partial charge < -0.3 is 15.2 Å². The molecule has 0 amide bonds. The minimum absolute atomic E-state index is 0.0709. The zero-order valence-electron chi connectivity index (χ0n) is 9.41. The first-order chi connectivity index (χ1) is 7.18. The van der Waals surface area contributed by atoms with Gasteiger partial charge in [0.05, 0.1) is 13.2 Å². The molecule has 1 aliphatic heterocycles. The second-order valence-electron chi connectivity index (χ2n) is 4.17. The highest BCUT2D eigenvalue weighted by Gasteiger charge is 2.17. The van der Waals surface area contributed by atoms with Crippen LogP contribution >= 0.6 is 0 Å². The molecule has 0 spiro atoms. The molecule has 1 heterocycles. The van der Waals surface area contributed by atoms with Crippen LogP contribution in [0.4, 0.5) is 0 Å². The predicted octanol–water partition coefficient (Wildman–Crippen LogP) is 1.23. The molecule has 1 aliphatic rings. The lowest BCUT2D eigenvalue weighted by Crippen LogP contribution is -2.26. The maximum Gasteiger partial charge on any atom is 0.306 e. The van der Waals surface area contributed by atoms with Crippen LogP contribution in [0.1, 0.15) is 39.0 Å². The van der Waals surface area contributed by atoms with Crippen molar-refractivity contribution in [2.45, 2.75) is 51.2 Å². The van der Waals surface area contributed by atoms with Crippen LogP contribution in [-0.4, -0.2) is 31.3 Å². The average Bonchev–Trinajstić information content (AvgIpc) is 2.18. The monoisotopic (exact) mass is 215 g/mol. The normalized spacial score (nSPS) is 19.9. The van der Waals surface area contributed by atoms with Crippen LogP contribution in [0.3, 0.4) is 0 Å². The molecule has 2 N–H and O–H groups in total. The summed E-state index contributed by atoms with van der Waals surface area (Å²) in [5.74, 6) is -0.0949. The third-order valence-electron chi connectivity index (χ3n) is 2.51. The van der Waals surface area contributed by atoms with E-state index in [0.29, 0.717) is 19.6 Å². The molecule has 0 aromatic carbocycles. The number of hydrogen-bond acceptors (Lipinski definition) is 4. The highest BCUT2D eigenvalue weighted by Crippen LogP contribution is 2.12. The molecule has 1 saturated heterocycles. The zero-order chi connectivity index (χ0) is 11.1. The minimum atomic E-state index is -0.0949. The Morgan fingerprint density at radius 3 is 2.80 bits per heavy atom. The predicted molar refractivity (Wildman–Crippen MR) is 57.4 cm³/mol. The Balaban J connectivity index is 2.06. The highest BCUT2D eigenvalue weighted by molar-refractivity contribution is 5.69. The van der Waals surface area contributed by atoms with E-state index in [1.54, 1.807) is 0 Å². The third kappa shape index (κ3) is 5.74. The van der Waals surface area contributed by atoms with Gasteiger partial charge in [0.15, 0.2) is 0 Å². The third-order valence-corrected chi connectivity index (χ3v) is 2.51. The van der Waals surface area contributed by atoms with E-state index >= 15 is 0 Å². The first-order valence-corrected chi connectivity index (χ1v) is 5.71. The number of rotatable bonds is 5. The van der Waals surface area contributed by atoms with Gasteiger partial charge in [-0.2, -0.15) is 0 Å². The maximum absolute atomic E-state index is 11.4. The Hall–Kier alpha value is -0.610. The van der Waals surface area contributed by atoms with E-state index in [4.69, 9.17) is 15.2 Å². The molecule has 0 bridgehead atoms. The number of carbonyl (C=O) groups excluding carboxylic acids is 1. The number of nitrogens with two attached hydrogens (primary N) is 1. The van der Waals surface area contributed by atoms with Gasteiger partial charge in [-0.1, -0.05) is 0 Å². The van der Waals surface area contributed by atoms with Gasteiger partial charge in [0, 0.05) is 25.3 Å². The van der Waals surface area contributed by atoms with E-state index in [2.05, 4.69) is 0 Å². The summed E-state index contributed by atoms with van der Waals surface area (Å²) in [6, 6.07) is 0.167. The fourth-order valence-corrected chi connectivity index (χ4v) is 1.61. The summed E-state index contributed by atoms with van der Waals surface area (Å²) < 4.78 is 10.5. The van der Waals surface area contributed by atoms with Gasteiger partial charge in [-0.05, 0) is 19.8 Å². The fraction of sp³-hybridized carbons (Fsp3) is 0.909. The molecule has 4 nitrogen and oxygen atoms in total. The summed E-state index contributed by atoms with van der Waals surface area (Å²) in [6.07, 6.45) is 3.92. The molecule has 0 aromatic rings. The Morgan fingerprint density at radius 2 is 2.20 bits per heavy atom. The van der Waals surface area contributed by atoms with E-state index in [9.17, 15) is 4.79 Å². The molecule has 0 radical (unpaired) electrons. The van der Waals surface area contributed by atoms with Gasteiger partial charge >= 0.3 is 5.97 Å². The Morgan fingerprint density at radius 1 is 1.53 bits per heavy atom. The van der Waals surface area contributed by atoms with Gasteiger partial charge in [-0.15, -0.1) is 0 Å². The molecule has 1 rings (SSSR count). The Labute approximate surface area is 91.1 Å². The standard InChI is InChI=1S/C11H21NO3/c1-9(12)3-2-4-11(13)15-10-5-7-14-8-6-10/h9-10H,2-8,12H2,1H3. The molecule has 1 atom stereocenters. The second-order valence-corrected chi connectivity index (χ2v) is 4.17. The summed E-state index contributed by atoms with van der Waals surface area (Å²) in [7, 11) is 0. The van der Waals surface area contributed by atoms with Crippen LogP contribution in [0.2, 0.25) is 0 Å². The molecule has 15 heavy (non-hydrogen) atoms. The number of hydrogen-bond donors (Lipinski definition) is 1.